The molecule has 0 heterocycles. The maximum atomic E-state index is 12.2. The van der Waals surface area contributed by atoms with Crippen molar-refractivity contribution in [2.24, 2.45) is 11.3 Å². The monoisotopic (exact) mass is 269 g/mol. The maximum Gasteiger partial charge on any atom is 0.310 e. The highest BCUT2D eigenvalue weighted by atomic mass is 16.4. The molecule has 0 saturated heterocycles. The first-order chi connectivity index (χ1) is 8.91. The van der Waals surface area contributed by atoms with Crippen molar-refractivity contribution in [2.75, 3.05) is 13.6 Å². The van der Waals surface area contributed by atoms with Crippen LogP contribution in [-0.2, 0) is 9.59 Å². The third-order valence-corrected chi connectivity index (χ3v) is 4.46. The van der Waals surface area contributed by atoms with E-state index in [0.29, 0.717) is 25.3 Å². The summed E-state index contributed by atoms with van der Waals surface area (Å²) in [5.41, 5.74) is -0.807. The molecule has 0 aromatic rings. The second-order valence-corrected chi connectivity index (χ2v) is 6.11. The van der Waals surface area contributed by atoms with Gasteiger partial charge in [-0.3, -0.25) is 9.59 Å². The SMILES string of the molecule is CCC(C)CN(C)C(=O)CC1(C(=O)O)CCCCC1. The molecule has 0 aromatic heterocycles. The van der Waals surface area contributed by atoms with Crippen molar-refractivity contribution in [1.82, 2.24) is 4.90 Å². The molecular formula is C15H27NO3. The first kappa shape index (κ1) is 16.0. The minimum absolute atomic E-state index is 0.0235. The first-order valence-electron chi connectivity index (χ1n) is 7.38. The van der Waals surface area contributed by atoms with Crippen LogP contribution in [0.2, 0.25) is 0 Å². The molecule has 1 saturated carbocycles. The van der Waals surface area contributed by atoms with Crippen LogP contribution >= 0.6 is 0 Å². The van der Waals surface area contributed by atoms with E-state index in [-0.39, 0.29) is 12.3 Å². The van der Waals surface area contributed by atoms with E-state index in [4.69, 9.17) is 0 Å². The molecule has 0 aromatic carbocycles. The van der Waals surface area contributed by atoms with Crippen LogP contribution in [0.1, 0.15) is 58.8 Å². The number of hydrogen-bond donors (Lipinski definition) is 1. The van der Waals surface area contributed by atoms with E-state index in [9.17, 15) is 14.7 Å². The fourth-order valence-corrected chi connectivity index (χ4v) is 2.82. The van der Waals surface area contributed by atoms with Crippen molar-refractivity contribution in [3.8, 4) is 0 Å². The molecule has 110 valence electrons. The summed E-state index contributed by atoms with van der Waals surface area (Å²) in [5.74, 6) is -0.358. The minimum atomic E-state index is -0.807. The lowest BCUT2D eigenvalue weighted by atomic mass is 9.71. The molecule has 0 aliphatic heterocycles. The predicted octanol–water partition coefficient (Wildman–Crippen LogP) is 2.92. The lowest BCUT2D eigenvalue weighted by Gasteiger charge is -2.34. The molecule has 0 radical (unpaired) electrons. The van der Waals surface area contributed by atoms with Gasteiger partial charge in [0.15, 0.2) is 0 Å². The van der Waals surface area contributed by atoms with Crippen molar-refractivity contribution in [3.05, 3.63) is 0 Å². The Labute approximate surface area is 116 Å². The van der Waals surface area contributed by atoms with E-state index in [2.05, 4.69) is 13.8 Å². The molecular weight excluding hydrogens is 242 g/mol. The Bertz CT molecular complexity index is 321. The Morgan fingerprint density at radius 2 is 1.84 bits per heavy atom. The smallest absolute Gasteiger partial charge is 0.310 e. The van der Waals surface area contributed by atoms with Crippen molar-refractivity contribution in [3.63, 3.8) is 0 Å². The summed E-state index contributed by atoms with van der Waals surface area (Å²) >= 11 is 0. The Kier molecular flexibility index (Phi) is 5.83. The zero-order valence-electron chi connectivity index (χ0n) is 12.4. The van der Waals surface area contributed by atoms with Gasteiger partial charge in [-0.1, -0.05) is 39.5 Å². The fraction of sp³-hybridized carbons (Fsp3) is 0.867. The molecule has 1 aliphatic rings. The molecule has 0 bridgehead atoms. The van der Waals surface area contributed by atoms with Gasteiger partial charge in [-0.15, -0.1) is 0 Å². The zero-order valence-corrected chi connectivity index (χ0v) is 12.4. The molecule has 19 heavy (non-hydrogen) atoms. The summed E-state index contributed by atoms with van der Waals surface area (Å²) in [6.07, 6.45) is 5.42. The molecule has 4 heteroatoms. The van der Waals surface area contributed by atoms with Gasteiger partial charge in [0.25, 0.3) is 0 Å². The molecule has 1 unspecified atom stereocenters. The number of hydrogen-bond acceptors (Lipinski definition) is 2. The summed E-state index contributed by atoms with van der Waals surface area (Å²) in [5, 5.41) is 9.48. The van der Waals surface area contributed by atoms with Gasteiger partial charge in [0.1, 0.15) is 0 Å². The number of amides is 1. The molecule has 1 rings (SSSR count). The largest absolute Gasteiger partial charge is 0.481 e. The number of nitrogens with zero attached hydrogens (tertiary/aromatic N) is 1. The van der Waals surface area contributed by atoms with Crippen LogP contribution in [0, 0.1) is 11.3 Å². The van der Waals surface area contributed by atoms with E-state index < -0.39 is 11.4 Å². The highest BCUT2D eigenvalue weighted by Gasteiger charge is 2.41. The van der Waals surface area contributed by atoms with Crippen molar-refractivity contribution < 1.29 is 14.7 Å². The minimum Gasteiger partial charge on any atom is -0.481 e. The van der Waals surface area contributed by atoms with E-state index in [0.717, 1.165) is 25.7 Å². The highest BCUT2D eigenvalue weighted by Crippen LogP contribution is 2.40. The highest BCUT2D eigenvalue weighted by molar-refractivity contribution is 5.85. The molecule has 1 amide bonds. The van der Waals surface area contributed by atoms with Gasteiger partial charge >= 0.3 is 5.97 Å². The number of rotatable bonds is 6. The van der Waals surface area contributed by atoms with Crippen LogP contribution in [-0.4, -0.2) is 35.5 Å². The summed E-state index contributed by atoms with van der Waals surface area (Å²) in [4.78, 5) is 25.5. The van der Waals surface area contributed by atoms with Crippen molar-refractivity contribution in [2.45, 2.75) is 58.8 Å². The molecule has 1 N–H and O–H groups in total. The van der Waals surface area contributed by atoms with Crippen LogP contribution in [0.5, 0.6) is 0 Å². The Morgan fingerprint density at radius 3 is 2.32 bits per heavy atom. The quantitative estimate of drug-likeness (QED) is 0.806. The molecule has 1 aliphatic carbocycles. The molecule has 0 spiro atoms. The Morgan fingerprint density at radius 1 is 1.26 bits per heavy atom. The number of aliphatic carboxylic acids is 1. The average molecular weight is 269 g/mol. The lowest BCUT2D eigenvalue weighted by Crippen LogP contribution is -2.40. The average Bonchev–Trinajstić information content (AvgIpc) is 2.39. The van der Waals surface area contributed by atoms with Crippen LogP contribution in [0.25, 0.3) is 0 Å². The first-order valence-corrected chi connectivity index (χ1v) is 7.38. The summed E-state index contributed by atoms with van der Waals surface area (Å²) in [7, 11) is 1.78. The number of carboxylic acids is 1. The number of carbonyl (C=O) groups is 2. The van der Waals surface area contributed by atoms with E-state index >= 15 is 0 Å². The second-order valence-electron chi connectivity index (χ2n) is 6.11. The van der Waals surface area contributed by atoms with Gasteiger partial charge in [-0.25, -0.2) is 0 Å². The van der Waals surface area contributed by atoms with Crippen LogP contribution < -0.4 is 0 Å². The van der Waals surface area contributed by atoms with Crippen LogP contribution in [0.3, 0.4) is 0 Å². The predicted molar refractivity (Wildman–Crippen MR) is 74.9 cm³/mol. The Balaban J connectivity index is 2.63. The zero-order chi connectivity index (χ0) is 14.5. The lowest BCUT2D eigenvalue weighted by molar-refractivity contribution is -0.155. The van der Waals surface area contributed by atoms with Gasteiger partial charge in [-0.05, 0) is 18.8 Å². The number of carboxylic acid groups (broad SMARTS) is 1. The second kappa shape index (κ2) is 6.92. The van der Waals surface area contributed by atoms with Crippen LogP contribution in [0.15, 0.2) is 0 Å². The maximum absolute atomic E-state index is 12.2. The normalized spacial score (nSPS) is 19.7. The van der Waals surface area contributed by atoms with Gasteiger partial charge < -0.3 is 10.0 Å². The third-order valence-electron chi connectivity index (χ3n) is 4.46. The van der Waals surface area contributed by atoms with Gasteiger partial charge in [0.2, 0.25) is 5.91 Å². The number of carbonyl (C=O) groups excluding carboxylic acids is 1. The Hall–Kier alpha value is -1.06. The van der Waals surface area contributed by atoms with Crippen LogP contribution in [0.4, 0.5) is 0 Å². The topological polar surface area (TPSA) is 57.6 Å². The van der Waals surface area contributed by atoms with E-state index in [1.165, 1.54) is 0 Å². The summed E-state index contributed by atoms with van der Waals surface area (Å²) < 4.78 is 0. The van der Waals surface area contributed by atoms with E-state index in [1.807, 2.05) is 0 Å². The molecule has 4 nitrogen and oxygen atoms in total. The van der Waals surface area contributed by atoms with Crippen molar-refractivity contribution in [1.29, 1.82) is 0 Å². The third kappa shape index (κ3) is 4.22. The standard InChI is InChI=1S/C15H27NO3/c1-4-12(2)11-16(3)13(17)10-15(14(18)19)8-6-5-7-9-15/h12H,4-11H2,1-3H3,(H,18,19). The van der Waals surface area contributed by atoms with Gasteiger partial charge in [-0.2, -0.15) is 0 Å². The molecule has 1 fully saturated rings. The van der Waals surface area contributed by atoms with Gasteiger partial charge in [0, 0.05) is 20.0 Å². The van der Waals surface area contributed by atoms with Gasteiger partial charge in [0.05, 0.1) is 5.41 Å². The fourth-order valence-electron chi connectivity index (χ4n) is 2.82. The van der Waals surface area contributed by atoms with E-state index in [1.54, 1.807) is 11.9 Å². The molecule has 1 atom stereocenters. The summed E-state index contributed by atoms with van der Waals surface area (Å²) in [6, 6.07) is 0. The van der Waals surface area contributed by atoms with Crippen molar-refractivity contribution >= 4 is 11.9 Å². The summed E-state index contributed by atoms with van der Waals surface area (Å²) in [6.45, 7) is 4.92.